The SMILES string of the molecule is C#Cc1ccc(NC(=O)CC2CCN(C)[C@@H](c3cc4ccccc4[nH]3)C2)nc1. The number of H-pyrrole nitrogens is 1. The summed E-state index contributed by atoms with van der Waals surface area (Å²) in [6.07, 6.45) is 9.41. The number of carbonyl (C=O) groups is 1. The summed E-state index contributed by atoms with van der Waals surface area (Å²) in [7, 11) is 2.16. The molecule has 5 nitrogen and oxygen atoms in total. The summed E-state index contributed by atoms with van der Waals surface area (Å²) < 4.78 is 0. The van der Waals surface area contributed by atoms with E-state index in [1.165, 1.54) is 11.1 Å². The zero-order chi connectivity index (χ0) is 19.5. The molecule has 3 aromatic rings. The van der Waals surface area contributed by atoms with E-state index in [0.717, 1.165) is 24.9 Å². The highest BCUT2D eigenvalue weighted by Gasteiger charge is 2.29. The van der Waals surface area contributed by atoms with Crippen LogP contribution < -0.4 is 5.32 Å². The molecular formula is C23H24N4O. The molecule has 0 aliphatic carbocycles. The summed E-state index contributed by atoms with van der Waals surface area (Å²) in [6.45, 7) is 0.979. The fourth-order valence-electron chi connectivity index (χ4n) is 3.99. The van der Waals surface area contributed by atoms with Crippen molar-refractivity contribution < 1.29 is 4.79 Å². The Hall–Kier alpha value is -3.10. The molecule has 142 valence electrons. The Morgan fingerprint density at radius 2 is 2.21 bits per heavy atom. The lowest BCUT2D eigenvalue weighted by molar-refractivity contribution is -0.117. The predicted octanol–water partition coefficient (Wildman–Crippen LogP) is 3.96. The Kier molecular flexibility index (Phi) is 5.14. The molecule has 0 bridgehead atoms. The molecule has 1 unspecified atom stereocenters. The van der Waals surface area contributed by atoms with Crippen molar-refractivity contribution in [3.8, 4) is 12.3 Å². The van der Waals surface area contributed by atoms with Gasteiger partial charge >= 0.3 is 0 Å². The molecule has 1 fully saturated rings. The highest BCUT2D eigenvalue weighted by atomic mass is 16.1. The molecular weight excluding hydrogens is 348 g/mol. The standard InChI is InChI=1S/C23H24N4O/c1-3-16-8-9-22(24-15-16)26-23(28)13-17-10-11-27(2)21(12-17)20-14-18-6-4-5-7-19(18)25-20/h1,4-9,14-15,17,21,25H,10-13H2,2H3,(H,24,26,28)/t17?,21-/m1/s1. The van der Waals surface area contributed by atoms with Gasteiger partial charge in [0.1, 0.15) is 5.82 Å². The molecule has 4 rings (SSSR count). The predicted molar refractivity (Wildman–Crippen MR) is 112 cm³/mol. The molecule has 1 saturated heterocycles. The summed E-state index contributed by atoms with van der Waals surface area (Å²) in [5.74, 6) is 3.42. The van der Waals surface area contributed by atoms with Gasteiger partial charge in [-0.3, -0.25) is 9.69 Å². The lowest BCUT2D eigenvalue weighted by atomic mass is 9.87. The molecule has 3 heterocycles. The Morgan fingerprint density at radius 1 is 1.36 bits per heavy atom. The van der Waals surface area contributed by atoms with Gasteiger partial charge in [0.2, 0.25) is 5.91 Å². The van der Waals surface area contributed by atoms with Crippen LogP contribution in [0.1, 0.15) is 36.6 Å². The van der Waals surface area contributed by atoms with Gasteiger partial charge < -0.3 is 10.3 Å². The largest absolute Gasteiger partial charge is 0.357 e. The number of carbonyl (C=O) groups excluding carboxylic acids is 1. The number of anilines is 1. The average Bonchev–Trinajstić information content (AvgIpc) is 3.14. The topological polar surface area (TPSA) is 61.0 Å². The van der Waals surface area contributed by atoms with Gasteiger partial charge in [-0.05, 0) is 62.0 Å². The van der Waals surface area contributed by atoms with Crippen molar-refractivity contribution >= 4 is 22.6 Å². The number of likely N-dealkylation sites (tertiary alicyclic amines) is 1. The zero-order valence-corrected chi connectivity index (χ0v) is 16.0. The van der Waals surface area contributed by atoms with Gasteiger partial charge in [0.25, 0.3) is 0 Å². The highest BCUT2D eigenvalue weighted by molar-refractivity contribution is 5.89. The molecule has 28 heavy (non-hydrogen) atoms. The maximum Gasteiger partial charge on any atom is 0.225 e. The van der Waals surface area contributed by atoms with Gasteiger partial charge in [-0.15, -0.1) is 6.42 Å². The number of para-hydroxylation sites is 1. The summed E-state index contributed by atoms with van der Waals surface area (Å²) in [5.41, 5.74) is 3.09. The molecule has 2 atom stereocenters. The lowest BCUT2D eigenvalue weighted by Crippen LogP contribution is -2.35. The summed E-state index contributed by atoms with van der Waals surface area (Å²) in [6, 6.07) is 14.4. The first kappa shape index (κ1) is 18.3. The Morgan fingerprint density at radius 3 is 2.96 bits per heavy atom. The van der Waals surface area contributed by atoms with Crippen LogP contribution in [0, 0.1) is 18.3 Å². The third-order valence-corrected chi connectivity index (χ3v) is 5.56. The quantitative estimate of drug-likeness (QED) is 0.682. The highest BCUT2D eigenvalue weighted by Crippen LogP contribution is 2.35. The number of aromatic amines is 1. The number of benzene rings is 1. The van der Waals surface area contributed by atoms with Crippen LogP contribution in [0.4, 0.5) is 5.82 Å². The van der Waals surface area contributed by atoms with Gasteiger partial charge in [0.05, 0.1) is 0 Å². The van der Waals surface area contributed by atoms with E-state index < -0.39 is 0 Å². The van der Waals surface area contributed by atoms with Gasteiger partial charge in [0, 0.05) is 35.4 Å². The molecule has 5 heteroatoms. The summed E-state index contributed by atoms with van der Waals surface area (Å²) >= 11 is 0. The number of amides is 1. The first-order valence-electron chi connectivity index (χ1n) is 9.63. The first-order valence-corrected chi connectivity index (χ1v) is 9.63. The molecule has 0 radical (unpaired) electrons. The van der Waals surface area contributed by atoms with Crippen LogP contribution in [0.2, 0.25) is 0 Å². The number of hydrogen-bond acceptors (Lipinski definition) is 3. The van der Waals surface area contributed by atoms with Crippen LogP contribution >= 0.6 is 0 Å². The van der Waals surface area contributed by atoms with Crippen LogP contribution in [0.15, 0.2) is 48.7 Å². The first-order chi connectivity index (χ1) is 13.6. The fourth-order valence-corrected chi connectivity index (χ4v) is 3.99. The number of nitrogens with zero attached hydrogens (tertiary/aromatic N) is 2. The van der Waals surface area contributed by atoms with E-state index in [4.69, 9.17) is 6.42 Å². The van der Waals surface area contributed by atoms with Crippen molar-refractivity contribution in [3.05, 3.63) is 59.9 Å². The van der Waals surface area contributed by atoms with E-state index >= 15 is 0 Å². The summed E-state index contributed by atoms with van der Waals surface area (Å²) in [5, 5.41) is 4.12. The number of rotatable bonds is 4. The lowest BCUT2D eigenvalue weighted by Gasteiger charge is -2.36. The molecule has 0 spiro atoms. The second-order valence-corrected chi connectivity index (χ2v) is 7.53. The van der Waals surface area contributed by atoms with Crippen LogP contribution in [0.25, 0.3) is 10.9 Å². The van der Waals surface area contributed by atoms with E-state index in [9.17, 15) is 4.79 Å². The van der Waals surface area contributed by atoms with Crippen molar-refractivity contribution in [1.29, 1.82) is 0 Å². The van der Waals surface area contributed by atoms with E-state index in [1.54, 1.807) is 18.3 Å². The molecule has 1 aromatic carbocycles. The maximum atomic E-state index is 12.5. The minimum absolute atomic E-state index is 0.00547. The molecule has 1 amide bonds. The van der Waals surface area contributed by atoms with Crippen LogP contribution in [0.5, 0.6) is 0 Å². The monoisotopic (exact) mass is 372 g/mol. The van der Waals surface area contributed by atoms with Gasteiger partial charge in [-0.1, -0.05) is 24.1 Å². The second-order valence-electron chi connectivity index (χ2n) is 7.53. The molecule has 1 aliphatic rings. The normalized spacial score (nSPS) is 20.0. The number of nitrogens with one attached hydrogen (secondary N) is 2. The van der Waals surface area contributed by atoms with Crippen molar-refractivity contribution in [3.63, 3.8) is 0 Å². The molecule has 2 N–H and O–H groups in total. The molecule has 0 saturated carbocycles. The van der Waals surface area contributed by atoms with E-state index in [1.807, 2.05) is 6.07 Å². The van der Waals surface area contributed by atoms with Crippen molar-refractivity contribution in [1.82, 2.24) is 14.9 Å². The van der Waals surface area contributed by atoms with Crippen LogP contribution in [-0.2, 0) is 4.79 Å². The van der Waals surface area contributed by atoms with Crippen molar-refractivity contribution in [2.24, 2.45) is 5.92 Å². The van der Waals surface area contributed by atoms with Crippen molar-refractivity contribution in [2.75, 3.05) is 18.9 Å². The minimum Gasteiger partial charge on any atom is -0.357 e. The Bertz CT molecular complexity index is 982. The van der Waals surface area contributed by atoms with Crippen LogP contribution in [-0.4, -0.2) is 34.4 Å². The van der Waals surface area contributed by atoms with E-state index in [0.29, 0.717) is 29.8 Å². The smallest absolute Gasteiger partial charge is 0.225 e. The molecule has 2 aromatic heterocycles. The fraction of sp³-hybridized carbons (Fsp3) is 0.304. The van der Waals surface area contributed by atoms with Gasteiger partial charge in [-0.2, -0.15) is 0 Å². The van der Waals surface area contributed by atoms with Crippen molar-refractivity contribution in [2.45, 2.75) is 25.3 Å². The molecule has 1 aliphatic heterocycles. The number of fused-ring (bicyclic) bond motifs is 1. The van der Waals surface area contributed by atoms with Gasteiger partial charge in [0.15, 0.2) is 0 Å². The number of piperidine rings is 1. The number of hydrogen-bond donors (Lipinski definition) is 2. The average molecular weight is 372 g/mol. The maximum absolute atomic E-state index is 12.5. The Balaban J connectivity index is 1.41. The number of terminal acetylenes is 1. The van der Waals surface area contributed by atoms with E-state index in [-0.39, 0.29) is 5.91 Å². The third-order valence-electron chi connectivity index (χ3n) is 5.56. The minimum atomic E-state index is 0.00547. The number of aromatic nitrogens is 2. The van der Waals surface area contributed by atoms with E-state index in [2.05, 4.69) is 57.4 Å². The van der Waals surface area contributed by atoms with Crippen LogP contribution in [0.3, 0.4) is 0 Å². The second kappa shape index (κ2) is 7.87. The Labute approximate surface area is 165 Å². The number of pyridine rings is 1. The summed E-state index contributed by atoms with van der Waals surface area (Å²) in [4.78, 5) is 22.6. The zero-order valence-electron chi connectivity index (χ0n) is 16.0. The van der Waals surface area contributed by atoms with Gasteiger partial charge in [-0.25, -0.2) is 4.98 Å². The third kappa shape index (κ3) is 3.92.